The molecule has 0 aliphatic carbocycles. The smallest absolute Gasteiger partial charge is 0.253 e. The van der Waals surface area contributed by atoms with Gasteiger partial charge in [-0.2, -0.15) is 0 Å². The first-order chi connectivity index (χ1) is 12.3. The highest BCUT2D eigenvalue weighted by Gasteiger charge is 2.18. The van der Waals surface area contributed by atoms with E-state index in [0.29, 0.717) is 11.3 Å². The number of hydrogen-bond acceptors (Lipinski definition) is 4. The quantitative estimate of drug-likeness (QED) is 0.835. The number of hydrogen-bond donors (Lipinski definition) is 2. The topological polar surface area (TPSA) is 74.3 Å². The molecule has 2 aromatic rings. The molecule has 0 aliphatic heterocycles. The van der Waals surface area contributed by atoms with Crippen LogP contribution in [0.2, 0.25) is 0 Å². The molecule has 2 amide bonds. The molecule has 138 valence electrons. The highest BCUT2D eigenvalue weighted by Crippen LogP contribution is 2.24. The highest BCUT2D eigenvalue weighted by atomic mass is 16.2. The van der Waals surface area contributed by atoms with Crippen LogP contribution in [0.15, 0.2) is 42.6 Å². The first-order valence-electron chi connectivity index (χ1n) is 8.63. The van der Waals surface area contributed by atoms with Gasteiger partial charge in [-0.25, -0.2) is 0 Å². The summed E-state index contributed by atoms with van der Waals surface area (Å²) in [5, 5.41) is 5.81. The molecule has 6 nitrogen and oxygen atoms in total. The molecular formula is C20H26N4O2. The highest BCUT2D eigenvalue weighted by molar-refractivity contribution is 6.02. The van der Waals surface area contributed by atoms with E-state index >= 15 is 0 Å². The molecule has 0 saturated heterocycles. The first-order valence-corrected chi connectivity index (χ1v) is 8.63. The Kier molecular flexibility index (Phi) is 6.33. The van der Waals surface area contributed by atoms with E-state index in [2.05, 4.69) is 15.6 Å². The van der Waals surface area contributed by atoms with Gasteiger partial charge in [0.05, 0.1) is 17.3 Å². The van der Waals surface area contributed by atoms with Crippen molar-refractivity contribution in [2.24, 2.45) is 5.92 Å². The lowest BCUT2D eigenvalue weighted by atomic mass is 10.1. The fourth-order valence-electron chi connectivity index (χ4n) is 2.45. The molecule has 0 aliphatic rings. The summed E-state index contributed by atoms with van der Waals surface area (Å²) in [5.41, 5.74) is 2.67. The van der Waals surface area contributed by atoms with Crippen LogP contribution in [0.5, 0.6) is 0 Å². The summed E-state index contributed by atoms with van der Waals surface area (Å²) in [6, 6.07) is 10.7. The van der Waals surface area contributed by atoms with Crippen molar-refractivity contribution < 1.29 is 9.59 Å². The summed E-state index contributed by atoms with van der Waals surface area (Å²) in [6.07, 6.45) is 1.70. The van der Waals surface area contributed by atoms with Crippen LogP contribution >= 0.6 is 0 Å². The zero-order chi connectivity index (χ0) is 19.3. The third-order valence-corrected chi connectivity index (χ3v) is 3.99. The lowest BCUT2D eigenvalue weighted by Crippen LogP contribution is -2.29. The molecule has 26 heavy (non-hydrogen) atoms. The molecule has 1 unspecified atom stereocenters. The van der Waals surface area contributed by atoms with Gasteiger partial charge in [0.2, 0.25) is 5.91 Å². The number of rotatable bonds is 6. The molecule has 0 spiro atoms. The van der Waals surface area contributed by atoms with Gasteiger partial charge in [-0.1, -0.05) is 19.9 Å². The molecule has 6 heteroatoms. The lowest BCUT2D eigenvalue weighted by molar-refractivity contribution is -0.118. The maximum Gasteiger partial charge on any atom is 0.253 e. The molecule has 1 heterocycles. The Hall–Kier alpha value is -2.89. The molecule has 1 aromatic heterocycles. The minimum Gasteiger partial charge on any atom is -0.377 e. The second-order valence-electron chi connectivity index (χ2n) is 6.72. The summed E-state index contributed by atoms with van der Waals surface area (Å²) in [7, 11) is 3.75. The number of nitrogens with one attached hydrogen (secondary N) is 2. The summed E-state index contributed by atoms with van der Waals surface area (Å²) in [6.45, 7) is 5.54. The van der Waals surface area contributed by atoms with Crippen molar-refractivity contribution >= 4 is 23.2 Å². The fraction of sp³-hybridized carbons (Fsp3) is 0.350. The average molecular weight is 354 g/mol. The van der Waals surface area contributed by atoms with Crippen LogP contribution in [0.25, 0.3) is 0 Å². The zero-order valence-electron chi connectivity index (χ0n) is 15.9. The molecule has 0 radical (unpaired) electrons. The maximum absolute atomic E-state index is 12.8. The van der Waals surface area contributed by atoms with Gasteiger partial charge in [0.15, 0.2) is 0 Å². The van der Waals surface area contributed by atoms with Gasteiger partial charge < -0.3 is 15.5 Å². The number of pyridine rings is 1. The number of carbonyl (C=O) groups is 2. The SMILES string of the molecule is CC(C)C(=O)Nc1ccc(N(C)C)c(C(=O)NC(C)c2ccccn2)c1. The number of benzene rings is 1. The van der Waals surface area contributed by atoms with Crippen LogP contribution in [0.4, 0.5) is 11.4 Å². The van der Waals surface area contributed by atoms with Crippen LogP contribution < -0.4 is 15.5 Å². The Bertz CT molecular complexity index is 773. The Balaban J connectivity index is 2.26. The maximum atomic E-state index is 12.8. The van der Waals surface area contributed by atoms with Crippen molar-refractivity contribution in [1.82, 2.24) is 10.3 Å². The van der Waals surface area contributed by atoms with Crippen molar-refractivity contribution in [1.29, 1.82) is 0 Å². The van der Waals surface area contributed by atoms with Gasteiger partial charge in [0, 0.05) is 37.6 Å². The average Bonchev–Trinajstić information content (AvgIpc) is 2.61. The van der Waals surface area contributed by atoms with Crippen molar-refractivity contribution in [3.05, 3.63) is 53.9 Å². The summed E-state index contributed by atoms with van der Waals surface area (Å²) in [5.74, 6) is -0.437. The van der Waals surface area contributed by atoms with E-state index < -0.39 is 0 Å². The van der Waals surface area contributed by atoms with Gasteiger partial charge in [-0.15, -0.1) is 0 Å². The third kappa shape index (κ3) is 4.81. The van der Waals surface area contributed by atoms with E-state index in [1.54, 1.807) is 18.3 Å². The van der Waals surface area contributed by atoms with Gasteiger partial charge in [0.1, 0.15) is 0 Å². The number of aromatic nitrogens is 1. The monoisotopic (exact) mass is 354 g/mol. The molecule has 0 bridgehead atoms. The fourth-order valence-corrected chi connectivity index (χ4v) is 2.45. The van der Waals surface area contributed by atoms with Crippen molar-refractivity contribution in [2.45, 2.75) is 26.8 Å². The number of amides is 2. The summed E-state index contributed by atoms with van der Waals surface area (Å²) >= 11 is 0. The summed E-state index contributed by atoms with van der Waals surface area (Å²) < 4.78 is 0. The van der Waals surface area contributed by atoms with E-state index in [1.807, 2.05) is 64.0 Å². The standard InChI is InChI=1S/C20H26N4O2/c1-13(2)19(25)23-15-9-10-18(24(4)5)16(12-15)20(26)22-14(3)17-8-6-7-11-21-17/h6-14H,1-5H3,(H,22,26)(H,23,25). The normalized spacial score (nSPS) is 11.8. The molecule has 1 atom stereocenters. The number of anilines is 2. The van der Waals surface area contributed by atoms with Gasteiger partial charge in [0.25, 0.3) is 5.91 Å². The first kappa shape index (κ1) is 19.4. The number of nitrogens with zero attached hydrogens (tertiary/aromatic N) is 2. The minimum atomic E-state index is -0.229. The van der Waals surface area contributed by atoms with Crippen LogP contribution in [0.3, 0.4) is 0 Å². The second kappa shape index (κ2) is 8.47. The predicted molar refractivity (Wildman–Crippen MR) is 104 cm³/mol. The van der Waals surface area contributed by atoms with Gasteiger partial charge in [-0.3, -0.25) is 14.6 Å². The molecule has 2 N–H and O–H groups in total. The van der Waals surface area contributed by atoms with Crippen molar-refractivity contribution in [2.75, 3.05) is 24.3 Å². The number of carbonyl (C=O) groups excluding carboxylic acids is 2. The van der Waals surface area contributed by atoms with Gasteiger partial charge in [-0.05, 0) is 37.3 Å². The molecular weight excluding hydrogens is 328 g/mol. The van der Waals surface area contributed by atoms with Crippen molar-refractivity contribution in [3.8, 4) is 0 Å². The van der Waals surface area contributed by atoms with E-state index in [9.17, 15) is 9.59 Å². The van der Waals surface area contributed by atoms with E-state index in [4.69, 9.17) is 0 Å². The molecule has 1 aromatic carbocycles. The van der Waals surface area contributed by atoms with Gasteiger partial charge >= 0.3 is 0 Å². The van der Waals surface area contributed by atoms with Crippen LogP contribution in [-0.2, 0) is 4.79 Å². The van der Waals surface area contributed by atoms with E-state index in [0.717, 1.165) is 11.4 Å². The lowest BCUT2D eigenvalue weighted by Gasteiger charge is -2.20. The molecule has 2 rings (SSSR count). The Morgan fingerprint density at radius 3 is 2.38 bits per heavy atom. The largest absolute Gasteiger partial charge is 0.377 e. The second-order valence-corrected chi connectivity index (χ2v) is 6.72. The minimum absolute atomic E-state index is 0.0872. The Labute approximate surface area is 154 Å². The van der Waals surface area contributed by atoms with Crippen molar-refractivity contribution in [3.63, 3.8) is 0 Å². The summed E-state index contributed by atoms with van der Waals surface area (Å²) in [4.78, 5) is 30.9. The predicted octanol–water partition coefficient (Wildman–Crippen LogP) is 3.23. The molecule has 0 fully saturated rings. The van der Waals surface area contributed by atoms with E-state index in [1.165, 1.54) is 0 Å². The Morgan fingerprint density at radius 1 is 1.08 bits per heavy atom. The zero-order valence-corrected chi connectivity index (χ0v) is 15.9. The molecule has 0 saturated carbocycles. The van der Waals surface area contributed by atoms with E-state index in [-0.39, 0.29) is 23.8 Å². The van der Waals surface area contributed by atoms with Crippen LogP contribution in [0, 0.1) is 5.92 Å². The van der Waals surface area contributed by atoms with Crippen LogP contribution in [0.1, 0.15) is 42.9 Å². The van der Waals surface area contributed by atoms with Crippen LogP contribution in [-0.4, -0.2) is 30.9 Å². The third-order valence-electron chi connectivity index (χ3n) is 3.99. The Morgan fingerprint density at radius 2 is 1.81 bits per heavy atom.